The fourth-order valence-electron chi connectivity index (χ4n) is 2.14. The molecule has 126 valence electrons. The van der Waals surface area contributed by atoms with Crippen molar-refractivity contribution in [3.05, 3.63) is 29.8 Å². The van der Waals surface area contributed by atoms with Gasteiger partial charge in [-0.25, -0.2) is 4.79 Å². The van der Waals surface area contributed by atoms with E-state index in [0.717, 1.165) is 5.56 Å². The summed E-state index contributed by atoms with van der Waals surface area (Å²) < 4.78 is 0. The first-order valence-electron chi connectivity index (χ1n) is 7.14. The summed E-state index contributed by atoms with van der Waals surface area (Å²) in [7, 11) is 0. The number of benzene rings is 1. The molecule has 0 aliphatic carbocycles. The van der Waals surface area contributed by atoms with Crippen LogP contribution in [0.1, 0.15) is 25.3 Å². The summed E-state index contributed by atoms with van der Waals surface area (Å²) in [5.74, 6) is -1.37. The Morgan fingerprint density at radius 3 is 2.35 bits per heavy atom. The molecule has 0 fully saturated rings. The van der Waals surface area contributed by atoms with Crippen LogP contribution in [0.5, 0.6) is 5.75 Å². The van der Waals surface area contributed by atoms with Crippen LogP contribution in [0.15, 0.2) is 29.3 Å². The first kappa shape index (κ1) is 18.3. The van der Waals surface area contributed by atoms with Crippen molar-refractivity contribution >= 4 is 17.8 Å². The molecule has 1 amide bonds. The average Bonchev–Trinajstić information content (AvgIpc) is 2.46. The van der Waals surface area contributed by atoms with E-state index in [1.54, 1.807) is 12.1 Å². The second-order valence-corrected chi connectivity index (χ2v) is 5.12. The van der Waals surface area contributed by atoms with Crippen LogP contribution in [0.3, 0.4) is 0 Å². The van der Waals surface area contributed by atoms with Gasteiger partial charge in [-0.2, -0.15) is 0 Å². The number of nitrogens with two attached hydrogens (primary N) is 2. The molecule has 1 atom stereocenters. The maximum Gasteiger partial charge on any atom is 0.326 e. The summed E-state index contributed by atoms with van der Waals surface area (Å²) >= 11 is 0. The summed E-state index contributed by atoms with van der Waals surface area (Å²) in [4.78, 5) is 28.4. The number of carbonyl (C=O) groups excluding carboxylic acids is 1. The van der Waals surface area contributed by atoms with Crippen molar-refractivity contribution in [1.82, 2.24) is 4.90 Å². The molecule has 6 N–H and O–H groups in total. The minimum atomic E-state index is -1.08. The lowest BCUT2D eigenvalue weighted by Gasteiger charge is -2.28. The minimum Gasteiger partial charge on any atom is -0.508 e. The zero-order valence-corrected chi connectivity index (χ0v) is 13.0. The Morgan fingerprint density at radius 2 is 1.87 bits per heavy atom. The number of carboxylic acid groups (broad SMARTS) is 1. The van der Waals surface area contributed by atoms with Gasteiger partial charge in [-0.05, 0) is 30.5 Å². The normalized spacial score (nSPS) is 11.5. The molecule has 0 aliphatic heterocycles. The van der Waals surface area contributed by atoms with Crippen molar-refractivity contribution in [3.8, 4) is 5.75 Å². The Balaban J connectivity index is 2.80. The largest absolute Gasteiger partial charge is 0.508 e. The zero-order valence-electron chi connectivity index (χ0n) is 13.0. The smallest absolute Gasteiger partial charge is 0.326 e. The van der Waals surface area contributed by atoms with Gasteiger partial charge in [0, 0.05) is 20.0 Å². The van der Waals surface area contributed by atoms with Crippen molar-refractivity contribution in [3.63, 3.8) is 0 Å². The van der Waals surface area contributed by atoms with E-state index < -0.39 is 12.0 Å². The number of guanidine groups is 1. The SMILES string of the molecule is CC(=O)N(Cc1ccc(O)cc1)C(CCCN=C(N)N)C(=O)O. The van der Waals surface area contributed by atoms with E-state index in [1.165, 1.54) is 24.0 Å². The fraction of sp³-hybridized carbons (Fsp3) is 0.400. The lowest BCUT2D eigenvalue weighted by Crippen LogP contribution is -2.43. The second-order valence-electron chi connectivity index (χ2n) is 5.12. The Labute approximate surface area is 134 Å². The molecule has 23 heavy (non-hydrogen) atoms. The number of phenols is 1. The van der Waals surface area contributed by atoms with Crippen molar-refractivity contribution < 1.29 is 19.8 Å². The molecule has 0 saturated carbocycles. The maximum absolute atomic E-state index is 11.8. The molecule has 0 radical (unpaired) electrons. The molecule has 0 bridgehead atoms. The van der Waals surface area contributed by atoms with Crippen LogP contribution in [-0.4, -0.2) is 45.5 Å². The number of carboxylic acids is 1. The average molecular weight is 322 g/mol. The van der Waals surface area contributed by atoms with Gasteiger partial charge in [-0.15, -0.1) is 0 Å². The third-order valence-corrected chi connectivity index (χ3v) is 3.29. The van der Waals surface area contributed by atoms with Gasteiger partial charge in [0.1, 0.15) is 11.8 Å². The zero-order chi connectivity index (χ0) is 17.4. The highest BCUT2D eigenvalue weighted by molar-refractivity contribution is 5.82. The number of aliphatic carboxylic acids is 1. The van der Waals surface area contributed by atoms with E-state index in [4.69, 9.17) is 11.5 Å². The van der Waals surface area contributed by atoms with Crippen LogP contribution < -0.4 is 11.5 Å². The lowest BCUT2D eigenvalue weighted by atomic mass is 10.1. The van der Waals surface area contributed by atoms with Crippen molar-refractivity contribution in [2.75, 3.05) is 6.54 Å². The molecule has 0 saturated heterocycles. The maximum atomic E-state index is 11.8. The number of aromatic hydroxyl groups is 1. The van der Waals surface area contributed by atoms with Gasteiger partial charge in [0.25, 0.3) is 0 Å². The summed E-state index contributed by atoms with van der Waals surface area (Å²) in [5.41, 5.74) is 11.2. The molecular formula is C15H22N4O4. The molecule has 0 aromatic heterocycles. The third kappa shape index (κ3) is 6.25. The lowest BCUT2D eigenvalue weighted by molar-refractivity contribution is -0.150. The van der Waals surface area contributed by atoms with E-state index in [2.05, 4.69) is 4.99 Å². The molecule has 0 aliphatic rings. The first-order valence-corrected chi connectivity index (χ1v) is 7.14. The Morgan fingerprint density at radius 1 is 1.26 bits per heavy atom. The number of hydrogen-bond donors (Lipinski definition) is 4. The van der Waals surface area contributed by atoms with E-state index in [-0.39, 0.29) is 30.6 Å². The fourth-order valence-corrected chi connectivity index (χ4v) is 2.14. The number of hydrogen-bond acceptors (Lipinski definition) is 4. The van der Waals surface area contributed by atoms with E-state index >= 15 is 0 Å². The van der Waals surface area contributed by atoms with Gasteiger partial charge in [-0.3, -0.25) is 9.79 Å². The Hall–Kier alpha value is -2.77. The molecule has 1 unspecified atom stereocenters. The summed E-state index contributed by atoms with van der Waals surface area (Å²) in [6, 6.07) is 5.30. The second kappa shape index (κ2) is 8.62. The van der Waals surface area contributed by atoms with Crippen molar-refractivity contribution in [1.29, 1.82) is 0 Å². The molecule has 1 rings (SSSR count). The Bertz CT molecular complexity index is 567. The quantitative estimate of drug-likeness (QED) is 0.307. The summed E-state index contributed by atoms with van der Waals surface area (Å²) in [6.07, 6.45) is 0.679. The summed E-state index contributed by atoms with van der Waals surface area (Å²) in [5, 5.41) is 18.7. The first-order chi connectivity index (χ1) is 10.8. The summed E-state index contributed by atoms with van der Waals surface area (Å²) in [6.45, 7) is 1.78. The van der Waals surface area contributed by atoms with Crippen LogP contribution in [0.25, 0.3) is 0 Å². The molecule has 8 heteroatoms. The molecule has 1 aromatic carbocycles. The standard InChI is InChI=1S/C15H22N4O4/c1-10(20)19(9-11-4-6-12(21)7-5-11)13(14(22)23)3-2-8-18-15(16)17/h4-7,13,21H,2-3,8-9H2,1H3,(H,22,23)(H4,16,17,18). The van der Waals surface area contributed by atoms with Gasteiger partial charge in [-0.1, -0.05) is 12.1 Å². The van der Waals surface area contributed by atoms with Crippen molar-refractivity contribution in [2.45, 2.75) is 32.4 Å². The number of phenolic OH excluding ortho intramolecular Hbond substituents is 1. The molecule has 8 nitrogen and oxygen atoms in total. The topological polar surface area (TPSA) is 142 Å². The van der Waals surface area contributed by atoms with E-state index in [9.17, 15) is 19.8 Å². The van der Waals surface area contributed by atoms with Gasteiger partial charge in [0.05, 0.1) is 0 Å². The third-order valence-electron chi connectivity index (χ3n) is 3.29. The van der Waals surface area contributed by atoms with E-state index in [1.807, 2.05) is 0 Å². The molecule has 0 spiro atoms. The highest BCUT2D eigenvalue weighted by atomic mass is 16.4. The van der Waals surface area contributed by atoms with Gasteiger partial charge in [0.2, 0.25) is 5.91 Å². The predicted octanol–water partition coefficient (Wildman–Crippen LogP) is 0.248. The van der Waals surface area contributed by atoms with Gasteiger partial charge < -0.3 is 26.6 Å². The van der Waals surface area contributed by atoms with E-state index in [0.29, 0.717) is 13.0 Å². The molecule has 1 aromatic rings. The predicted molar refractivity (Wildman–Crippen MR) is 85.7 cm³/mol. The highest BCUT2D eigenvalue weighted by Gasteiger charge is 2.27. The number of rotatable bonds is 8. The van der Waals surface area contributed by atoms with Crippen LogP contribution in [0.2, 0.25) is 0 Å². The number of nitrogens with zero attached hydrogens (tertiary/aromatic N) is 2. The van der Waals surface area contributed by atoms with Gasteiger partial charge >= 0.3 is 5.97 Å². The monoisotopic (exact) mass is 322 g/mol. The van der Waals surface area contributed by atoms with Gasteiger partial charge in [0.15, 0.2) is 5.96 Å². The Kier molecular flexibility index (Phi) is 6.85. The number of amides is 1. The van der Waals surface area contributed by atoms with Crippen LogP contribution in [0.4, 0.5) is 0 Å². The molecule has 0 heterocycles. The highest BCUT2D eigenvalue weighted by Crippen LogP contribution is 2.16. The van der Waals surface area contributed by atoms with Crippen LogP contribution >= 0.6 is 0 Å². The van der Waals surface area contributed by atoms with Crippen molar-refractivity contribution in [2.24, 2.45) is 16.5 Å². The van der Waals surface area contributed by atoms with Crippen LogP contribution in [-0.2, 0) is 16.1 Å². The van der Waals surface area contributed by atoms with Crippen LogP contribution in [0, 0.1) is 0 Å². The number of carbonyl (C=O) groups is 2. The number of aliphatic imine (C=N–C) groups is 1. The minimum absolute atomic E-state index is 0.0515. The molecular weight excluding hydrogens is 300 g/mol.